The SMILES string of the molecule is CC(COCC(C)N1C(=O)c2ccc3c4ccc5c6c(ccc(c7ccc(c2c37)C1=O)c64)C(=O)N(CCCOCCCCO)C5=O)N1C(=O)c2ccc3c4ccc5c6c(ccc(c7ccc(c2c37)C1=O)c64)C(=O)N(CCCOCCCCO)C5=O. The van der Waals surface area contributed by atoms with Gasteiger partial charge in [0.15, 0.2) is 0 Å². The first-order valence-corrected chi connectivity index (χ1v) is 29.2. The molecule has 0 fully saturated rings. The van der Waals surface area contributed by atoms with Crippen LogP contribution in [0.4, 0.5) is 0 Å². The van der Waals surface area contributed by atoms with Gasteiger partial charge in [0.05, 0.1) is 25.3 Å². The summed E-state index contributed by atoms with van der Waals surface area (Å²) in [6.45, 7) is 5.55. The van der Waals surface area contributed by atoms with Gasteiger partial charge in [-0.15, -0.1) is 0 Å². The normalized spacial score (nSPS) is 16.0. The number of carbonyl (C=O) groups excluding carboxylic acids is 8. The van der Waals surface area contributed by atoms with Gasteiger partial charge in [-0.3, -0.25) is 58.0 Å². The maximum absolute atomic E-state index is 14.6. The molecule has 0 saturated heterocycles. The zero-order valence-electron chi connectivity index (χ0n) is 46.9. The largest absolute Gasteiger partial charge is 0.396 e. The van der Waals surface area contributed by atoms with Gasteiger partial charge in [-0.1, -0.05) is 48.5 Å². The van der Waals surface area contributed by atoms with Crippen LogP contribution in [-0.4, -0.2) is 155 Å². The van der Waals surface area contributed by atoms with Crippen LogP contribution in [0.1, 0.15) is 135 Å². The first kappa shape index (κ1) is 54.1. The number of hydrogen-bond donors (Lipinski definition) is 2. The highest BCUT2D eigenvalue weighted by Gasteiger charge is 2.41. The van der Waals surface area contributed by atoms with Gasteiger partial charge in [-0.2, -0.15) is 0 Å². The van der Waals surface area contributed by atoms with Crippen molar-refractivity contribution in [3.63, 3.8) is 0 Å². The minimum absolute atomic E-state index is 0.0923. The fourth-order valence-electron chi connectivity index (χ4n) is 13.9. The van der Waals surface area contributed by atoms with Crippen LogP contribution < -0.4 is 0 Å². The van der Waals surface area contributed by atoms with Crippen molar-refractivity contribution in [1.82, 2.24) is 19.6 Å². The zero-order chi connectivity index (χ0) is 58.7. The molecular formula is C68H58N4O13. The van der Waals surface area contributed by atoms with Crippen LogP contribution in [0.3, 0.4) is 0 Å². The zero-order valence-corrected chi connectivity index (χ0v) is 46.9. The molecule has 17 heteroatoms. The Morgan fingerprint density at radius 3 is 0.788 bits per heavy atom. The molecule has 0 bridgehead atoms. The highest BCUT2D eigenvalue weighted by Crippen LogP contribution is 2.49. The fourth-order valence-corrected chi connectivity index (χ4v) is 13.9. The summed E-state index contributed by atoms with van der Waals surface area (Å²) in [6, 6.07) is 27.3. The van der Waals surface area contributed by atoms with Gasteiger partial charge >= 0.3 is 0 Å². The lowest BCUT2D eigenvalue weighted by Gasteiger charge is -2.34. The molecule has 4 aliphatic heterocycles. The van der Waals surface area contributed by atoms with Gasteiger partial charge in [0.1, 0.15) is 0 Å². The number of hydrogen-bond acceptors (Lipinski definition) is 13. The standard InChI is InChI=1S/C68H58N4O13/c1-35(71-65(79)49-21-13-41-37-9-17-45-57-46(62(76)69(61(45)75)25-7-31-83-29-5-3-27-73)18-10-38(53(37)57)42-14-22-50(66(71)80)59(49)55(41)42)33-85-34-36(2)72-67(81)51-23-15-43-39-11-19-47-58-48(64(78)70(63(47)77)26-8-32-84-30-6-4-28-74)20-12-40(54(39)58)44-16-24-52(68(72)82)60(51)56(43)44/h9-24,35-36,73-74H,3-8,25-34H2,1-2H3. The Hall–Kier alpha value is -8.84. The molecule has 2 N–H and O–H groups in total. The summed E-state index contributed by atoms with van der Waals surface area (Å²) in [7, 11) is 0. The summed E-state index contributed by atoms with van der Waals surface area (Å²) in [6.07, 6.45) is 3.67. The van der Waals surface area contributed by atoms with Crippen molar-refractivity contribution in [2.24, 2.45) is 0 Å². The third-order valence-electron chi connectivity index (χ3n) is 17.8. The van der Waals surface area contributed by atoms with Crippen LogP contribution in [0.15, 0.2) is 97.1 Å². The second-order valence-electron chi connectivity index (χ2n) is 22.8. The van der Waals surface area contributed by atoms with Crippen LogP contribution in [0.5, 0.6) is 0 Å². The molecule has 85 heavy (non-hydrogen) atoms. The van der Waals surface area contributed by atoms with Crippen LogP contribution in [0, 0.1) is 0 Å². The molecule has 428 valence electrons. The van der Waals surface area contributed by atoms with Crippen LogP contribution in [-0.2, 0) is 14.2 Å². The number of nitrogens with zero attached hydrogens (tertiary/aromatic N) is 4. The van der Waals surface area contributed by atoms with Gasteiger partial charge in [-0.05, 0) is 166 Å². The van der Waals surface area contributed by atoms with E-state index in [9.17, 15) is 38.4 Å². The number of fused-ring (bicyclic) bond motifs is 4. The van der Waals surface area contributed by atoms with Crippen LogP contribution in [0.2, 0.25) is 0 Å². The number of ether oxygens (including phenoxy) is 3. The van der Waals surface area contributed by atoms with Gasteiger partial charge in [0.25, 0.3) is 47.3 Å². The van der Waals surface area contributed by atoms with Crippen LogP contribution >= 0.6 is 0 Å². The van der Waals surface area contributed by atoms with E-state index in [2.05, 4.69) is 0 Å². The molecule has 14 rings (SSSR count). The smallest absolute Gasteiger partial charge is 0.261 e. The molecule has 17 nitrogen and oxygen atoms in total. The molecule has 4 aliphatic rings. The van der Waals surface area contributed by atoms with E-state index in [1.807, 2.05) is 48.5 Å². The Bertz CT molecular complexity index is 4060. The molecule has 10 aromatic carbocycles. The highest BCUT2D eigenvalue weighted by atomic mass is 16.5. The minimum Gasteiger partial charge on any atom is -0.396 e. The fraction of sp³-hybridized carbons (Fsp3) is 0.294. The van der Waals surface area contributed by atoms with E-state index in [0.717, 1.165) is 77.5 Å². The van der Waals surface area contributed by atoms with E-state index in [-0.39, 0.29) is 63.1 Å². The quantitative estimate of drug-likeness (QED) is 0.0280. The Balaban J connectivity index is 0.687. The van der Waals surface area contributed by atoms with E-state index in [1.54, 1.807) is 62.4 Å². The number of aliphatic hydroxyl groups excluding tert-OH is 2. The van der Waals surface area contributed by atoms with Crippen LogP contribution in [0.25, 0.3) is 86.2 Å². The average molecular weight is 1140 g/mol. The summed E-state index contributed by atoms with van der Waals surface area (Å²) >= 11 is 0. The number of benzene rings is 10. The number of carbonyl (C=O) groups is 8. The van der Waals surface area contributed by atoms with Crippen molar-refractivity contribution in [3.8, 4) is 0 Å². The highest BCUT2D eigenvalue weighted by molar-refractivity contribution is 6.43. The maximum atomic E-state index is 14.6. The molecule has 0 radical (unpaired) electrons. The van der Waals surface area contributed by atoms with Gasteiger partial charge in [0, 0.05) is 119 Å². The predicted octanol–water partition coefficient (Wildman–Crippen LogP) is 10.0. The Kier molecular flexibility index (Phi) is 13.4. The van der Waals surface area contributed by atoms with Gasteiger partial charge in [-0.25, -0.2) is 0 Å². The predicted molar refractivity (Wildman–Crippen MR) is 320 cm³/mol. The number of imide groups is 4. The summed E-state index contributed by atoms with van der Waals surface area (Å²) in [5, 5.41) is 29.5. The second-order valence-corrected chi connectivity index (χ2v) is 22.8. The lowest BCUT2D eigenvalue weighted by atomic mass is 9.82. The van der Waals surface area contributed by atoms with E-state index >= 15 is 0 Å². The van der Waals surface area contributed by atoms with E-state index < -0.39 is 35.7 Å². The van der Waals surface area contributed by atoms with E-state index in [4.69, 9.17) is 24.4 Å². The number of rotatable bonds is 22. The molecule has 2 atom stereocenters. The third kappa shape index (κ3) is 8.08. The second kappa shape index (κ2) is 21.0. The lowest BCUT2D eigenvalue weighted by Crippen LogP contribution is -2.49. The molecular weight excluding hydrogens is 1080 g/mol. The molecule has 0 aromatic heterocycles. The summed E-state index contributed by atoms with van der Waals surface area (Å²) in [4.78, 5) is 119. The third-order valence-corrected chi connectivity index (χ3v) is 17.8. The molecule has 0 aliphatic carbocycles. The summed E-state index contributed by atoms with van der Waals surface area (Å²) < 4.78 is 17.5. The molecule has 4 heterocycles. The van der Waals surface area contributed by atoms with E-state index in [0.29, 0.717) is 118 Å². The first-order chi connectivity index (χ1) is 41.4. The topological polar surface area (TPSA) is 218 Å². The van der Waals surface area contributed by atoms with Crippen molar-refractivity contribution < 1.29 is 62.8 Å². The van der Waals surface area contributed by atoms with Gasteiger partial charge < -0.3 is 24.4 Å². The Labute approximate surface area is 485 Å². The molecule has 2 unspecified atom stereocenters. The van der Waals surface area contributed by atoms with Crippen molar-refractivity contribution in [3.05, 3.63) is 142 Å². The molecule has 8 amide bonds. The van der Waals surface area contributed by atoms with Gasteiger partial charge in [0.2, 0.25) is 0 Å². The average Bonchev–Trinajstić information content (AvgIpc) is 1.12. The molecule has 0 spiro atoms. The minimum atomic E-state index is -0.759. The van der Waals surface area contributed by atoms with Crippen molar-refractivity contribution in [1.29, 1.82) is 0 Å². The Morgan fingerprint density at radius 2 is 0.541 bits per heavy atom. The number of amides is 8. The van der Waals surface area contributed by atoms with E-state index in [1.165, 1.54) is 19.6 Å². The number of aliphatic hydroxyl groups is 2. The Morgan fingerprint density at radius 1 is 0.306 bits per heavy atom. The van der Waals surface area contributed by atoms with Crippen molar-refractivity contribution >= 4 is 133 Å². The molecule has 0 saturated carbocycles. The monoisotopic (exact) mass is 1140 g/mol. The summed E-state index contributed by atoms with van der Waals surface area (Å²) in [5.41, 5.74) is 3.05. The van der Waals surface area contributed by atoms with Crippen molar-refractivity contribution in [2.45, 2.75) is 64.5 Å². The summed E-state index contributed by atoms with van der Waals surface area (Å²) in [5.74, 6) is -3.52. The van der Waals surface area contributed by atoms with Crippen molar-refractivity contribution in [2.75, 3.05) is 65.9 Å². The number of unbranched alkanes of at least 4 members (excludes halogenated alkanes) is 2. The molecule has 10 aromatic rings. The first-order valence-electron chi connectivity index (χ1n) is 29.2. The maximum Gasteiger partial charge on any atom is 0.261 e. The lowest BCUT2D eigenvalue weighted by molar-refractivity contribution is 0.0235.